The number of alkyl halides is 3. The van der Waals surface area contributed by atoms with Crippen LogP contribution in [-0.4, -0.2) is 18.8 Å². The van der Waals surface area contributed by atoms with Crippen LogP contribution in [0.2, 0.25) is 0 Å². The number of rotatable bonds is 5. The monoisotopic (exact) mass is 293 g/mol. The molecule has 0 aliphatic carbocycles. The molecule has 1 N–H and O–H groups in total. The van der Waals surface area contributed by atoms with Crippen LogP contribution < -0.4 is 5.32 Å². The molecular formula is C14H19F4NO. The van der Waals surface area contributed by atoms with Crippen LogP contribution in [-0.2, 0) is 10.9 Å². The first-order valence-electron chi connectivity index (χ1n) is 6.23. The Labute approximate surface area is 116 Å². The zero-order chi connectivity index (χ0) is 15.6. The summed E-state index contributed by atoms with van der Waals surface area (Å²) in [6.45, 7) is 5.47. The molecule has 0 heterocycles. The highest BCUT2D eigenvalue weighted by Crippen LogP contribution is 2.32. The standard InChI is InChI=1S/C14H19F4NO/c1-9(8-13(2,3)20-4)19-12-7-10(14(16,17)18)5-6-11(12)15/h5-7,9,19H,8H2,1-4H3. The van der Waals surface area contributed by atoms with Gasteiger partial charge in [0, 0.05) is 13.2 Å². The van der Waals surface area contributed by atoms with E-state index >= 15 is 0 Å². The lowest BCUT2D eigenvalue weighted by molar-refractivity contribution is -0.137. The van der Waals surface area contributed by atoms with Crippen molar-refractivity contribution in [2.24, 2.45) is 0 Å². The van der Waals surface area contributed by atoms with Crippen molar-refractivity contribution in [2.75, 3.05) is 12.4 Å². The van der Waals surface area contributed by atoms with Crippen LogP contribution in [0.25, 0.3) is 0 Å². The van der Waals surface area contributed by atoms with Gasteiger partial charge in [0.1, 0.15) is 5.82 Å². The zero-order valence-corrected chi connectivity index (χ0v) is 11.9. The predicted molar refractivity (Wildman–Crippen MR) is 70.2 cm³/mol. The molecule has 2 nitrogen and oxygen atoms in total. The Morgan fingerprint density at radius 3 is 2.35 bits per heavy atom. The summed E-state index contributed by atoms with van der Waals surface area (Å²) in [5.41, 5.74) is -1.47. The summed E-state index contributed by atoms with van der Waals surface area (Å²) in [6, 6.07) is 2.10. The van der Waals surface area contributed by atoms with E-state index in [-0.39, 0.29) is 11.7 Å². The highest BCUT2D eigenvalue weighted by Gasteiger charge is 2.31. The molecule has 1 aromatic rings. The van der Waals surface area contributed by atoms with E-state index < -0.39 is 23.2 Å². The Morgan fingerprint density at radius 2 is 1.85 bits per heavy atom. The number of hydrogen-bond acceptors (Lipinski definition) is 2. The van der Waals surface area contributed by atoms with Crippen molar-refractivity contribution in [3.63, 3.8) is 0 Å². The highest BCUT2D eigenvalue weighted by atomic mass is 19.4. The maximum Gasteiger partial charge on any atom is 0.416 e. The van der Waals surface area contributed by atoms with Gasteiger partial charge in [0.15, 0.2) is 0 Å². The molecule has 1 rings (SSSR count). The molecule has 114 valence electrons. The van der Waals surface area contributed by atoms with Crippen LogP contribution >= 0.6 is 0 Å². The van der Waals surface area contributed by atoms with Crippen molar-refractivity contribution in [1.82, 2.24) is 0 Å². The lowest BCUT2D eigenvalue weighted by atomic mass is 9.99. The molecule has 6 heteroatoms. The second-order valence-corrected chi connectivity index (χ2v) is 5.41. The molecule has 0 aliphatic rings. The maximum atomic E-state index is 13.6. The second kappa shape index (κ2) is 5.99. The predicted octanol–water partition coefficient (Wildman–Crippen LogP) is 4.46. The molecule has 0 fully saturated rings. The smallest absolute Gasteiger partial charge is 0.380 e. The molecule has 0 spiro atoms. The van der Waals surface area contributed by atoms with Crippen molar-refractivity contribution in [2.45, 2.75) is 45.0 Å². The average molecular weight is 293 g/mol. The molecule has 0 aromatic heterocycles. The van der Waals surface area contributed by atoms with E-state index in [1.54, 1.807) is 14.0 Å². The fraction of sp³-hybridized carbons (Fsp3) is 0.571. The van der Waals surface area contributed by atoms with Gasteiger partial charge in [0.25, 0.3) is 0 Å². The molecule has 0 saturated carbocycles. The molecular weight excluding hydrogens is 274 g/mol. The molecule has 0 saturated heterocycles. The first-order valence-corrected chi connectivity index (χ1v) is 6.23. The fourth-order valence-electron chi connectivity index (χ4n) is 1.95. The van der Waals surface area contributed by atoms with Crippen LogP contribution in [0.15, 0.2) is 18.2 Å². The van der Waals surface area contributed by atoms with Gasteiger partial charge >= 0.3 is 6.18 Å². The van der Waals surface area contributed by atoms with E-state index in [2.05, 4.69) is 5.32 Å². The normalized spacial score (nSPS) is 14.2. The van der Waals surface area contributed by atoms with Gasteiger partial charge in [-0.15, -0.1) is 0 Å². The lowest BCUT2D eigenvalue weighted by Crippen LogP contribution is -2.31. The van der Waals surface area contributed by atoms with Crippen molar-refractivity contribution >= 4 is 5.69 Å². The van der Waals surface area contributed by atoms with Gasteiger partial charge in [-0.05, 0) is 45.4 Å². The van der Waals surface area contributed by atoms with Gasteiger partial charge < -0.3 is 10.1 Å². The first kappa shape index (κ1) is 16.8. The van der Waals surface area contributed by atoms with Gasteiger partial charge in [-0.25, -0.2) is 4.39 Å². The van der Waals surface area contributed by atoms with E-state index in [1.807, 2.05) is 13.8 Å². The summed E-state index contributed by atoms with van der Waals surface area (Å²) < 4.78 is 56.6. The number of methoxy groups -OCH3 is 1. The number of nitrogens with one attached hydrogen (secondary N) is 1. The van der Waals surface area contributed by atoms with Crippen LogP contribution in [0.4, 0.5) is 23.2 Å². The Morgan fingerprint density at radius 1 is 1.25 bits per heavy atom. The summed E-state index contributed by atoms with van der Waals surface area (Å²) >= 11 is 0. The Bertz CT molecular complexity index is 457. The van der Waals surface area contributed by atoms with E-state index in [0.29, 0.717) is 6.42 Å². The minimum absolute atomic E-state index is 0.153. The van der Waals surface area contributed by atoms with E-state index in [1.165, 1.54) is 0 Å². The summed E-state index contributed by atoms with van der Waals surface area (Å²) in [4.78, 5) is 0. The summed E-state index contributed by atoms with van der Waals surface area (Å²) in [5.74, 6) is -0.708. The molecule has 0 amide bonds. The number of halogens is 4. The topological polar surface area (TPSA) is 21.3 Å². The van der Waals surface area contributed by atoms with Crippen molar-refractivity contribution in [3.05, 3.63) is 29.6 Å². The van der Waals surface area contributed by atoms with Crippen LogP contribution in [0.3, 0.4) is 0 Å². The highest BCUT2D eigenvalue weighted by molar-refractivity contribution is 5.48. The Balaban J connectivity index is 2.87. The number of benzene rings is 1. The largest absolute Gasteiger partial charge is 0.416 e. The van der Waals surface area contributed by atoms with Gasteiger partial charge in [0.05, 0.1) is 16.9 Å². The van der Waals surface area contributed by atoms with Crippen LogP contribution in [0.1, 0.15) is 32.8 Å². The van der Waals surface area contributed by atoms with Gasteiger partial charge in [-0.1, -0.05) is 0 Å². The van der Waals surface area contributed by atoms with Gasteiger partial charge in [-0.2, -0.15) is 13.2 Å². The Hall–Kier alpha value is -1.30. The molecule has 1 unspecified atom stereocenters. The lowest BCUT2D eigenvalue weighted by Gasteiger charge is -2.27. The molecule has 1 aromatic carbocycles. The van der Waals surface area contributed by atoms with Crippen molar-refractivity contribution < 1.29 is 22.3 Å². The number of anilines is 1. The Kier molecular flexibility index (Phi) is 5.02. The third-order valence-corrected chi connectivity index (χ3v) is 3.05. The third kappa shape index (κ3) is 4.67. The molecule has 0 aliphatic heterocycles. The minimum Gasteiger partial charge on any atom is -0.380 e. The van der Waals surface area contributed by atoms with E-state index in [0.717, 1.165) is 18.2 Å². The zero-order valence-electron chi connectivity index (χ0n) is 11.9. The summed E-state index contributed by atoms with van der Waals surface area (Å²) in [5, 5.41) is 2.76. The quantitative estimate of drug-likeness (QED) is 0.809. The average Bonchev–Trinajstić information content (AvgIpc) is 2.30. The minimum atomic E-state index is -4.49. The second-order valence-electron chi connectivity index (χ2n) is 5.41. The molecule has 1 atom stereocenters. The molecule has 0 radical (unpaired) electrons. The maximum absolute atomic E-state index is 13.6. The summed E-state index contributed by atoms with van der Waals surface area (Å²) in [6.07, 6.45) is -3.96. The molecule has 0 bridgehead atoms. The van der Waals surface area contributed by atoms with Crippen molar-refractivity contribution in [1.29, 1.82) is 0 Å². The van der Waals surface area contributed by atoms with E-state index in [9.17, 15) is 17.6 Å². The summed E-state index contributed by atoms with van der Waals surface area (Å²) in [7, 11) is 1.55. The molecule has 20 heavy (non-hydrogen) atoms. The first-order chi connectivity index (χ1) is 9.05. The van der Waals surface area contributed by atoms with Gasteiger partial charge in [-0.3, -0.25) is 0 Å². The third-order valence-electron chi connectivity index (χ3n) is 3.05. The van der Waals surface area contributed by atoms with Crippen LogP contribution in [0.5, 0.6) is 0 Å². The van der Waals surface area contributed by atoms with Crippen molar-refractivity contribution in [3.8, 4) is 0 Å². The SMILES string of the molecule is COC(C)(C)CC(C)Nc1cc(C(F)(F)F)ccc1F. The fourth-order valence-corrected chi connectivity index (χ4v) is 1.95. The van der Waals surface area contributed by atoms with E-state index in [4.69, 9.17) is 4.74 Å². The van der Waals surface area contributed by atoms with Gasteiger partial charge in [0.2, 0.25) is 0 Å². The van der Waals surface area contributed by atoms with Crippen LogP contribution in [0, 0.1) is 5.82 Å². The number of hydrogen-bond donors (Lipinski definition) is 1. The number of ether oxygens (including phenoxy) is 1.